The number of primary amides is 1. The Hall–Kier alpha value is -2.91. The van der Waals surface area contributed by atoms with Crippen molar-refractivity contribution in [1.82, 2.24) is 19.5 Å². The van der Waals surface area contributed by atoms with Crippen LogP contribution in [0.3, 0.4) is 0 Å². The molecular formula is C12H8F3N5O2. The monoisotopic (exact) mass is 311 g/mol. The molecule has 0 bridgehead atoms. The first-order chi connectivity index (χ1) is 10.3. The fourth-order valence-corrected chi connectivity index (χ4v) is 1.90. The Labute approximate surface area is 120 Å². The summed E-state index contributed by atoms with van der Waals surface area (Å²) < 4.78 is 43.0. The van der Waals surface area contributed by atoms with E-state index in [-0.39, 0.29) is 12.2 Å². The molecule has 114 valence electrons. The van der Waals surface area contributed by atoms with E-state index < -0.39 is 18.0 Å². The zero-order chi connectivity index (χ0) is 15.9. The van der Waals surface area contributed by atoms with E-state index in [4.69, 9.17) is 5.73 Å². The number of carbonyl (C=O) groups excluding carboxylic acids is 1. The predicted octanol–water partition coefficient (Wildman–Crippen LogP) is 1.43. The molecule has 0 aromatic carbocycles. The van der Waals surface area contributed by atoms with Crippen molar-refractivity contribution in [2.24, 2.45) is 5.73 Å². The normalized spacial score (nSPS) is 12.0. The van der Waals surface area contributed by atoms with Gasteiger partial charge in [-0.05, 0) is 12.1 Å². The van der Waals surface area contributed by atoms with Gasteiger partial charge in [-0.25, -0.2) is 4.98 Å². The topological polar surface area (TPSA) is 99.3 Å². The summed E-state index contributed by atoms with van der Waals surface area (Å²) in [5.41, 5.74) is 6.36. The molecule has 7 nitrogen and oxygen atoms in total. The molecule has 0 saturated carbocycles. The zero-order valence-electron chi connectivity index (χ0n) is 10.8. The summed E-state index contributed by atoms with van der Waals surface area (Å²) in [7, 11) is 0. The summed E-state index contributed by atoms with van der Waals surface area (Å²) in [4.78, 5) is 18.3. The molecule has 3 heterocycles. The number of carbonyl (C=O) groups is 1. The van der Waals surface area contributed by atoms with E-state index in [2.05, 4.69) is 19.6 Å². The van der Waals surface area contributed by atoms with Gasteiger partial charge >= 0.3 is 12.1 Å². The van der Waals surface area contributed by atoms with Gasteiger partial charge in [-0.1, -0.05) is 5.16 Å². The Morgan fingerprint density at radius 2 is 2.05 bits per heavy atom. The maximum Gasteiger partial charge on any atom is 0.471 e. The number of nitrogens with two attached hydrogens (primary N) is 1. The van der Waals surface area contributed by atoms with Crippen molar-refractivity contribution in [1.29, 1.82) is 0 Å². The Kier molecular flexibility index (Phi) is 3.08. The van der Waals surface area contributed by atoms with E-state index >= 15 is 0 Å². The van der Waals surface area contributed by atoms with Gasteiger partial charge in [-0.3, -0.25) is 4.79 Å². The number of alkyl halides is 3. The highest BCUT2D eigenvalue weighted by molar-refractivity contribution is 5.76. The van der Waals surface area contributed by atoms with Crippen LogP contribution in [0.1, 0.15) is 11.6 Å². The highest BCUT2D eigenvalue weighted by Gasteiger charge is 2.38. The molecule has 0 unspecified atom stereocenters. The largest absolute Gasteiger partial charge is 0.471 e. The van der Waals surface area contributed by atoms with Gasteiger partial charge < -0.3 is 14.7 Å². The molecule has 10 heteroatoms. The Balaban J connectivity index is 1.97. The van der Waals surface area contributed by atoms with Crippen LogP contribution in [0.25, 0.3) is 17.0 Å². The highest BCUT2D eigenvalue weighted by atomic mass is 19.4. The molecule has 0 aliphatic heterocycles. The van der Waals surface area contributed by atoms with Crippen LogP contribution >= 0.6 is 0 Å². The molecule has 1 amide bonds. The molecule has 3 aromatic rings. The molecule has 2 N–H and O–H groups in total. The van der Waals surface area contributed by atoms with Crippen molar-refractivity contribution < 1.29 is 22.5 Å². The van der Waals surface area contributed by atoms with Gasteiger partial charge in [0, 0.05) is 18.0 Å². The van der Waals surface area contributed by atoms with Crippen LogP contribution in [0.15, 0.2) is 29.0 Å². The number of rotatable bonds is 3. The van der Waals surface area contributed by atoms with Gasteiger partial charge in [0.2, 0.25) is 11.7 Å². The molecule has 0 saturated heterocycles. The smallest absolute Gasteiger partial charge is 0.369 e. The SMILES string of the molecule is NC(=O)Cc1cn2cc(-c3noc(C(F)(F)F)n3)ccc2n1. The minimum Gasteiger partial charge on any atom is -0.369 e. The molecule has 0 fully saturated rings. The second-order valence-corrected chi connectivity index (χ2v) is 4.48. The van der Waals surface area contributed by atoms with E-state index in [1.165, 1.54) is 16.7 Å². The number of imidazole rings is 1. The summed E-state index contributed by atoms with van der Waals surface area (Å²) in [6, 6.07) is 3.06. The Bertz CT molecular complexity index is 852. The predicted molar refractivity (Wildman–Crippen MR) is 66.4 cm³/mol. The fraction of sp³-hybridized carbons (Fsp3) is 0.167. The quantitative estimate of drug-likeness (QED) is 0.789. The third-order valence-corrected chi connectivity index (χ3v) is 2.78. The van der Waals surface area contributed by atoms with Gasteiger partial charge in [-0.15, -0.1) is 0 Å². The maximum absolute atomic E-state index is 12.4. The lowest BCUT2D eigenvalue weighted by Gasteiger charge is -1.97. The van der Waals surface area contributed by atoms with Crippen molar-refractivity contribution >= 4 is 11.6 Å². The van der Waals surface area contributed by atoms with Crippen LogP contribution in [0.2, 0.25) is 0 Å². The van der Waals surface area contributed by atoms with Crippen LogP contribution in [-0.4, -0.2) is 25.4 Å². The van der Waals surface area contributed by atoms with Gasteiger partial charge in [0.25, 0.3) is 0 Å². The molecule has 0 spiro atoms. The molecular weight excluding hydrogens is 303 g/mol. The van der Waals surface area contributed by atoms with Crippen molar-refractivity contribution in [2.75, 3.05) is 0 Å². The summed E-state index contributed by atoms with van der Waals surface area (Å²) >= 11 is 0. The van der Waals surface area contributed by atoms with Gasteiger partial charge in [-0.2, -0.15) is 18.2 Å². The Morgan fingerprint density at radius 3 is 2.68 bits per heavy atom. The molecule has 0 aliphatic carbocycles. The third kappa shape index (κ3) is 2.62. The van der Waals surface area contributed by atoms with Crippen LogP contribution in [0, 0.1) is 0 Å². The van der Waals surface area contributed by atoms with Crippen molar-refractivity contribution in [2.45, 2.75) is 12.6 Å². The second kappa shape index (κ2) is 4.83. The average molecular weight is 311 g/mol. The lowest BCUT2D eigenvalue weighted by molar-refractivity contribution is -0.159. The van der Waals surface area contributed by atoms with E-state index in [0.29, 0.717) is 16.9 Å². The molecule has 3 aromatic heterocycles. The molecule has 0 atom stereocenters. The van der Waals surface area contributed by atoms with E-state index in [0.717, 1.165) is 0 Å². The average Bonchev–Trinajstić information content (AvgIpc) is 3.01. The number of nitrogens with zero attached hydrogens (tertiary/aromatic N) is 4. The van der Waals surface area contributed by atoms with Crippen LogP contribution in [0.4, 0.5) is 13.2 Å². The highest BCUT2D eigenvalue weighted by Crippen LogP contribution is 2.29. The van der Waals surface area contributed by atoms with E-state index in [9.17, 15) is 18.0 Å². The first-order valence-electron chi connectivity index (χ1n) is 6.00. The number of pyridine rings is 1. The van der Waals surface area contributed by atoms with Crippen LogP contribution in [0.5, 0.6) is 0 Å². The summed E-state index contributed by atoms with van der Waals surface area (Å²) in [6.07, 6.45) is -1.69. The van der Waals surface area contributed by atoms with E-state index in [1.54, 1.807) is 12.3 Å². The summed E-state index contributed by atoms with van der Waals surface area (Å²) in [5, 5.41) is 3.30. The molecule has 22 heavy (non-hydrogen) atoms. The number of aromatic nitrogens is 4. The standard InChI is InChI=1S/C12H8F3N5O2/c13-12(14,15)11-18-10(19-22-11)6-1-2-9-17-7(3-8(16)21)5-20(9)4-6/h1-2,4-5H,3H2,(H2,16,21). The third-order valence-electron chi connectivity index (χ3n) is 2.78. The minimum absolute atomic E-state index is 0.0303. The van der Waals surface area contributed by atoms with Gasteiger partial charge in [0.05, 0.1) is 12.1 Å². The van der Waals surface area contributed by atoms with E-state index in [1.807, 2.05) is 0 Å². The lowest BCUT2D eigenvalue weighted by Crippen LogP contribution is -2.13. The summed E-state index contributed by atoms with van der Waals surface area (Å²) in [6.45, 7) is 0. The number of halogens is 3. The van der Waals surface area contributed by atoms with Gasteiger partial charge in [0.15, 0.2) is 0 Å². The van der Waals surface area contributed by atoms with Crippen molar-refractivity contribution in [3.05, 3.63) is 36.1 Å². The molecule has 3 rings (SSSR count). The molecule has 0 aliphatic rings. The maximum atomic E-state index is 12.4. The number of amides is 1. The van der Waals surface area contributed by atoms with Crippen molar-refractivity contribution in [3.63, 3.8) is 0 Å². The minimum atomic E-state index is -4.70. The second-order valence-electron chi connectivity index (χ2n) is 4.48. The first kappa shape index (κ1) is 14.0. The fourth-order valence-electron chi connectivity index (χ4n) is 1.90. The Morgan fingerprint density at radius 1 is 1.27 bits per heavy atom. The number of hydrogen-bond donors (Lipinski definition) is 1. The lowest BCUT2D eigenvalue weighted by atomic mass is 10.3. The summed E-state index contributed by atoms with van der Waals surface area (Å²) in [5.74, 6) is -2.14. The van der Waals surface area contributed by atoms with Crippen molar-refractivity contribution in [3.8, 4) is 11.4 Å². The number of hydrogen-bond acceptors (Lipinski definition) is 5. The number of fused-ring (bicyclic) bond motifs is 1. The van der Waals surface area contributed by atoms with Crippen LogP contribution < -0.4 is 5.73 Å². The van der Waals surface area contributed by atoms with Crippen LogP contribution in [-0.2, 0) is 17.4 Å². The zero-order valence-corrected chi connectivity index (χ0v) is 10.8. The molecule has 0 radical (unpaired) electrons. The van der Waals surface area contributed by atoms with Gasteiger partial charge in [0.1, 0.15) is 5.65 Å². The first-order valence-corrected chi connectivity index (χ1v) is 6.00.